The molecule has 1 saturated heterocycles. The number of carbonyl (C=O) groups excluding carboxylic acids is 1. The van der Waals surface area contributed by atoms with E-state index in [1.807, 2.05) is 35.2 Å². The van der Waals surface area contributed by atoms with E-state index in [1.54, 1.807) is 0 Å². The van der Waals surface area contributed by atoms with Crippen molar-refractivity contribution in [2.24, 2.45) is 0 Å². The van der Waals surface area contributed by atoms with Crippen molar-refractivity contribution in [2.75, 3.05) is 13.1 Å². The van der Waals surface area contributed by atoms with Crippen LogP contribution >= 0.6 is 0 Å². The van der Waals surface area contributed by atoms with Crippen LogP contribution < -0.4 is 0 Å². The van der Waals surface area contributed by atoms with Gasteiger partial charge in [0.25, 0.3) is 5.91 Å². The molecule has 1 amide bonds. The molecule has 5 rings (SSSR count). The molecule has 1 aliphatic heterocycles. The second kappa shape index (κ2) is 6.02. The number of benzene rings is 2. The highest BCUT2D eigenvalue weighted by molar-refractivity contribution is 5.94. The molecule has 0 saturated carbocycles. The number of nitrogens with zero attached hydrogens (tertiary/aromatic N) is 2. The minimum Gasteiger partial charge on any atom is -0.358 e. The van der Waals surface area contributed by atoms with Crippen LogP contribution in [-0.4, -0.2) is 38.8 Å². The Bertz CT molecular complexity index is 1030. The van der Waals surface area contributed by atoms with Crippen molar-refractivity contribution >= 4 is 27.8 Å². The predicted octanol–water partition coefficient (Wildman–Crippen LogP) is 4.06. The zero-order valence-electron chi connectivity index (χ0n) is 14.4. The Balaban J connectivity index is 1.40. The number of piperidine rings is 1. The molecule has 5 heteroatoms. The maximum absolute atomic E-state index is 12.9. The molecule has 2 N–H and O–H groups in total. The van der Waals surface area contributed by atoms with Gasteiger partial charge in [0.15, 0.2) is 5.82 Å². The molecule has 2 aromatic heterocycles. The molecule has 0 spiro atoms. The number of nitrogens with one attached hydrogen (secondary N) is 2. The summed E-state index contributed by atoms with van der Waals surface area (Å²) in [5, 5.41) is 1.23. The van der Waals surface area contributed by atoms with Crippen LogP contribution in [0.3, 0.4) is 0 Å². The number of H-pyrrole nitrogens is 2. The van der Waals surface area contributed by atoms with Gasteiger partial charge in [-0.1, -0.05) is 30.3 Å². The molecular formula is C21H20N4O. The van der Waals surface area contributed by atoms with Crippen LogP contribution in [0.25, 0.3) is 21.9 Å². The largest absolute Gasteiger partial charge is 0.358 e. The van der Waals surface area contributed by atoms with Crippen molar-refractivity contribution in [3.63, 3.8) is 0 Å². The first-order valence-electron chi connectivity index (χ1n) is 9.09. The summed E-state index contributed by atoms with van der Waals surface area (Å²) in [5.41, 5.74) is 4.11. The molecule has 1 fully saturated rings. The summed E-state index contributed by atoms with van der Waals surface area (Å²) in [5.74, 6) is 0.759. The van der Waals surface area contributed by atoms with Gasteiger partial charge in [-0.3, -0.25) is 4.79 Å². The van der Waals surface area contributed by atoms with E-state index in [0.29, 0.717) is 11.7 Å². The Morgan fingerprint density at radius 1 is 1.04 bits per heavy atom. The lowest BCUT2D eigenvalue weighted by Gasteiger charge is -2.31. The molecule has 130 valence electrons. The van der Waals surface area contributed by atoms with E-state index in [1.165, 1.54) is 11.1 Å². The number of hydrogen-bond donors (Lipinski definition) is 2. The standard InChI is InChI=1S/C21H20N4O/c26-21(20-23-17-9-3-4-10-18(17)24-20)25-11-5-7-15(13-25)19-12-14-6-1-2-8-16(14)22-19/h1-4,6,8-10,12,15,22H,5,7,11,13H2,(H,23,24)/t15-/m0/s1. The summed E-state index contributed by atoms with van der Waals surface area (Å²) < 4.78 is 0. The van der Waals surface area contributed by atoms with E-state index in [2.05, 4.69) is 39.2 Å². The van der Waals surface area contributed by atoms with Gasteiger partial charge >= 0.3 is 0 Å². The molecule has 5 nitrogen and oxygen atoms in total. The monoisotopic (exact) mass is 344 g/mol. The Kier molecular flexibility index (Phi) is 3.52. The predicted molar refractivity (Wildman–Crippen MR) is 102 cm³/mol. The normalized spacial score (nSPS) is 17.8. The molecule has 0 radical (unpaired) electrons. The molecular weight excluding hydrogens is 324 g/mol. The van der Waals surface area contributed by atoms with Gasteiger partial charge in [-0.15, -0.1) is 0 Å². The summed E-state index contributed by atoms with van der Waals surface area (Å²) in [6, 6.07) is 18.3. The third-order valence-corrected chi connectivity index (χ3v) is 5.29. The zero-order valence-corrected chi connectivity index (χ0v) is 14.4. The molecule has 1 aliphatic rings. The van der Waals surface area contributed by atoms with Crippen LogP contribution in [0.5, 0.6) is 0 Å². The van der Waals surface area contributed by atoms with Crippen molar-refractivity contribution in [1.82, 2.24) is 19.9 Å². The number of imidazole rings is 1. The van der Waals surface area contributed by atoms with Crippen LogP contribution in [0.15, 0.2) is 54.6 Å². The fraction of sp³-hybridized carbons (Fsp3) is 0.238. The lowest BCUT2D eigenvalue weighted by molar-refractivity contribution is 0.0695. The minimum atomic E-state index is -0.0120. The maximum atomic E-state index is 12.9. The molecule has 1 atom stereocenters. The number of fused-ring (bicyclic) bond motifs is 2. The molecule has 4 aromatic rings. The first-order valence-corrected chi connectivity index (χ1v) is 9.09. The average molecular weight is 344 g/mol. The summed E-state index contributed by atoms with van der Waals surface area (Å²) in [6.45, 7) is 1.51. The van der Waals surface area contributed by atoms with Gasteiger partial charge in [0.05, 0.1) is 11.0 Å². The highest BCUT2D eigenvalue weighted by atomic mass is 16.2. The van der Waals surface area contributed by atoms with E-state index in [0.717, 1.165) is 42.5 Å². The molecule has 0 unspecified atom stereocenters. The van der Waals surface area contributed by atoms with Crippen molar-refractivity contribution < 1.29 is 4.79 Å². The first kappa shape index (κ1) is 15.2. The average Bonchev–Trinajstić information content (AvgIpc) is 3.31. The van der Waals surface area contributed by atoms with Crippen molar-refractivity contribution in [3.8, 4) is 0 Å². The molecule has 3 heterocycles. The number of amides is 1. The van der Waals surface area contributed by atoms with Gasteiger partial charge in [0, 0.05) is 30.2 Å². The van der Waals surface area contributed by atoms with Crippen LogP contribution in [0, 0.1) is 0 Å². The highest BCUT2D eigenvalue weighted by Crippen LogP contribution is 2.29. The third-order valence-electron chi connectivity index (χ3n) is 5.29. The zero-order chi connectivity index (χ0) is 17.5. The van der Waals surface area contributed by atoms with Gasteiger partial charge in [0.2, 0.25) is 0 Å². The fourth-order valence-corrected chi connectivity index (χ4v) is 3.94. The Hall–Kier alpha value is -3.08. The highest BCUT2D eigenvalue weighted by Gasteiger charge is 2.28. The van der Waals surface area contributed by atoms with Crippen LogP contribution in [0.4, 0.5) is 0 Å². The van der Waals surface area contributed by atoms with Crippen LogP contribution in [0.2, 0.25) is 0 Å². The molecule has 0 bridgehead atoms. The number of hydrogen-bond acceptors (Lipinski definition) is 2. The van der Waals surface area contributed by atoms with Crippen molar-refractivity contribution in [3.05, 3.63) is 66.1 Å². The minimum absolute atomic E-state index is 0.0120. The number of carbonyl (C=O) groups is 1. The van der Waals surface area contributed by atoms with E-state index in [9.17, 15) is 4.79 Å². The van der Waals surface area contributed by atoms with E-state index >= 15 is 0 Å². The lowest BCUT2D eigenvalue weighted by Crippen LogP contribution is -2.39. The molecule has 26 heavy (non-hydrogen) atoms. The molecule has 2 aromatic carbocycles. The maximum Gasteiger partial charge on any atom is 0.289 e. The topological polar surface area (TPSA) is 64.8 Å². The summed E-state index contributed by atoms with van der Waals surface area (Å²) in [4.78, 5) is 26.0. The lowest BCUT2D eigenvalue weighted by atomic mass is 9.94. The summed E-state index contributed by atoms with van der Waals surface area (Å²) in [6.07, 6.45) is 2.10. The molecule has 0 aliphatic carbocycles. The number of likely N-dealkylation sites (tertiary alicyclic amines) is 1. The third kappa shape index (κ3) is 2.56. The number of aromatic nitrogens is 3. The Morgan fingerprint density at radius 3 is 2.69 bits per heavy atom. The van der Waals surface area contributed by atoms with Crippen molar-refractivity contribution in [1.29, 1.82) is 0 Å². The smallest absolute Gasteiger partial charge is 0.289 e. The second-order valence-corrected chi connectivity index (χ2v) is 7.00. The van der Waals surface area contributed by atoms with Gasteiger partial charge in [-0.25, -0.2) is 4.98 Å². The van der Waals surface area contributed by atoms with Crippen molar-refractivity contribution in [2.45, 2.75) is 18.8 Å². The summed E-state index contributed by atoms with van der Waals surface area (Å²) >= 11 is 0. The van der Waals surface area contributed by atoms with Gasteiger partial charge in [-0.05, 0) is 42.5 Å². The van der Waals surface area contributed by atoms with E-state index in [4.69, 9.17) is 0 Å². The second-order valence-electron chi connectivity index (χ2n) is 7.00. The number of aromatic amines is 2. The van der Waals surface area contributed by atoms with Crippen LogP contribution in [0.1, 0.15) is 35.1 Å². The van der Waals surface area contributed by atoms with Gasteiger partial charge in [-0.2, -0.15) is 0 Å². The fourth-order valence-electron chi connectivity index (χ4n) is 3.94. The van der Waals surface area contributed by atoms with Gasteiger partial charge < -0.3 is 14.9 Å². The number of para-hydroxylation sites is 3. The first-order chi connectivity index (χ1) is 12.8. The summed E-state index contributed by atoms with van der Waals surface area (Å²) in [7, 11) is 0. The van der Waals surface area contributed by atoms with Crippen LogP contribution in [-0.2, 0) is 0 Å². The Morgan fingerprint density at radius 2 is 1.85 bits per heavy atom. The van der Waals surface area contributed by atoms with E-state index < -0.39 is 0 Å². The van der Waals surface area contributed by atoms with E-state index in [-0.39, 0.29) is 5.91 Å². The quantitative estimate of drug-likeness (QED) is 0.576. The van der Waals surface area contributed by atoms with Gasteiger partial charge in [0.1, 0.15) is 0 Å². The SMILES string of the molecule is O=C(c1nc2ccccc2[nH]1)N1CCC[C@H](c2cc3ccccc3[nH]2)C1. The Labute approximate surface area is 151 Å². The number of rotatable bonds is 2.